The van der Waals surface area contributed by atoms with Gasteiger partial charge in [0.15, 0.2) is 5.82 Å². The van der Waals surface area contributed by atoms with Crippen molar-refractivity contribution in [3.8, 4) is 0 Å². The van der Waals surface area contributed by atoms with Gasteiger partial charge in [-0.2, -0.15) is 5.10 Å². The van der Waals surface area contributed by atoms with Crippen LogP contribution in [0.15, 0.2) is 4.79 Å². The molecule has 1 atom stereocenters. The molecule has 3 aliphatic rings. The summed E-state index contributed by atoms with van der Waals surface area (Å²) < 4.78 is 27.2. The Morgan fingerprint density at radius 1 is 1.30 bits per heavy atom. The Morgan fingerprint density at radius 2 is 2.09 bits per heavy atom. The van der Waals surface area contributed by atoms with E-state index in [2.05, 4.69) is 5.10 Å². The Kier molecular flexibility index (Phi) is 3.32. The second-order valence-electron chi connectivity index (χ2n) is 6.99. The zero-order valence-corrected chi connectivity index (χ0v) is 12.9. The normalized spacial score (nSPS) is 25.2. The van der Waals surface area contributed by atoms with E-state index in [1.165, 1.54) is 4.57 Å². The van der Waals surface area contributed by atoms with E-state index in [1.54, 1.807) is 4.90 Å². The fourth-order valence-electron chi connectivity index (χ4n) is 4.24. The van der Waals surface area contributed by atoms with E-state index in [0.717, 1.165) is 36.8 Å². The maximum atomic E-state index is 12.8. The van der Waals surface area contributed by atoms with Crippen LogP contribution >= 0.6 is 0 Å². The standard InChI is InChI=1S/C15H20F2N4O2/c16-11(17)8-21-14(23)20-7-6-19(9-12(20)18-21)13(22)10-2-1-3-15(10)4-5-15/h10-11H,1-9H2. The van der Waals surface area contributed by atoms with Gasteiger partial charge in [-0.05, 0) is 31.1 Å². The molecule has 1 aromatic rings. The minimum Gasteiger partial charge on any atom is -0.333 e. The lowest BCUT2D eigenvalue weighted by molar-refractivity contribution is -0.138. The molecule has 23 heavy (non-hydrogen) atoms. The first kappa shape index (κ1) is 14.8. The molecule has 0 N–H and O–H groups in total. The van der Waals surface area contributed by atoms with Crippen LogP contribution in [0.25, 0.3) is 0 Å². The maximum Gasteiger partial charge on any atom is 0.346 e. The minimum absolute atomic E-state index is 0.101. The van der Waals surface area contributed by atoms with Crippen LogP contribution in [0.2, 0.25) is 0 Å². The zero-order valence-electron chi connectivity index (χ0n) is 12.9. The number of alkyl halides is 2. The van der Waals surface area contributed by atoms with Gasteiger partial charge in [0, 0.05) is 19.0 Å². The van der Waals surface area contributed by atoms with E-state index in [-0.39, 0.29) is 23.8 Å². The lowest BCUT2D eigenvalue weighted by atomic mass is 9.91. The van der Waals surface area contributed by atoms with Crippen LogP contribution in [0.3, 0.4) is 0 Å². The third-order valence-electron chi connectivity index (χ3n) is 5.64. The van der Waals surface area contributed by atoms with Crippen molar-refractivity contribution in [2.45, 2.75) is 58.2 Å². The van der Waals surface area contributed by atoms with Gasteiger partial charge in [0.2, 0.25) is 5.91 Å². The van der Waals surface area contributed by atoms with Crippen molar-refractivity contribution in [2.24, 2.45) is 11.3 Å². The van der Waals surface area contributed by atoms with Crippen molar-refractivity contribution in [3.63, 3.8) is 0 Å². The van der Waals surface area contributed by atoms with Crippen LogP contribution in [0.5, 0.6) is 0 Å². The first-order valence-corrected chi connectivity index (χ1v) is 8.24. The number of fused-ring (bicyclic) bond motifs is 1. The summed E-state index contributed by atoms with van der Waals surface area (Å²) in [5.41, 5.74) is -0.268. The largest absolute Gasteiger partial charge is 0.346 e. The minimum atomic E-state index is -2.62. The van der Waals surface area contributed by atoms with Crippen LogP contribution < -0.4 is 5.69 Å². The molecule has 6 nitrogen and oxygen atoms in total. The summed E-state index contributed by atoms with van der Waals surface area (Å²) in [4.78, 5) is 26.6. The topological polar surface area (TPSA) is 60.1 Å². The van der Waals surface area contributed by atoms with Crippen molar-refractivity contribution >= 4 is 5.91 Å². The number of amides is 1. The average Bonchev–Trinajstić information content (AvgIpc) is 3.06. The highest BCUT2D eigenvalue weighted by Gasteiger charge is 2.55. The first-order valence-electron chi connectivity index (χ1n) is 8.24. The van der Waals surface area contributed by atoms with E-state index in [1.807, 2.05) is 0 Å². The number of hydrogen-bond acceptors (Lipinski definition) is 3. The highest BCUT2D eigenvalue weighted by Crippen LogP contribution is 2.61. The van der Waals surface area contributed by atoms with Crippen molar-refractivity contribution in [3.05, 3.63) is 16.3 Å². The zero-order chi connectivity index (χ0) is 16.2. The Bertz CT molecular complexity index is 692. The molecule has 2 aliphatic carbocycles. The van der Waals surface area contributed by atoms with E-state index in [9.17, 15) is 18.4 Å². The molecule has 1 unspecified atom stereocenters. The van der Waals surface area contributed by atoms with Gasteiger partial charge in [-0.25, -0.2) is 18.3 Å². The summed E-state index contributed by atoms with van der Waals surface area (Å²) in [5.74, 6) is 0.670. The van der Waals surface area contributed by atoms with Crippen LogP contribution in [0.1, 0.15) is 37.9 Å². The smallest absolute Gasteiger partial charge is 0.333 e. The number of nitrogens with zero attached hydrogens (tertiary/aromatic N) is 4. The molecule has 0 aromatic carbocycles. The van der Waals surface area contributed by atoms with Crippen molar-refractivity contribution in [1.82, 2.24) is 19.2 Å². The summed E-state index contributed by atoms with van der Waals surface area (Å²) in [7, 11) is 0. The van der Waals surface area contributed by atoms with E-state index >= 15 is 0 Å². The molecule has 2 saturated carbocycles. The van der Waals surface area contributed by atoms with Crippen LogP contribution in [-0.2, 0) is 24.4 Å². The molecule has 1 aromatic heterocycles. The van der Waals surface area contributed by atoms with Crippen molar-refractivity contribution in [1.29, 1.82) is 0 Å². The van der Waals surface area contributed by atoms with Crippen molar-refractivity contribution < 1.29 is 13.6 Å². The third-order valence-corrected chi connectivity index (χ3v) is 5.64. The van der Waals surface area contributed by atoms with E-state index in [4.69, 9.17) is 0 Å². The molecule has 0 bridgehead atoms. The molecular formula is C15H20F2N4O2. The maximum absolute atomic E-state index is 12.8. The van der Waals surface area contributed by atoms with Gasteiger partial charge in [0.05, 0.1) is 6.54 Å². The van der Waals surface area contributed by atoms with Gasteiger partial charge < -0.3 is 4.90 Å². The molecule has 4 rings (SSSR count). The quantitative estimate of drug-likeness (QED) is 0.839. The third kappa shape index (κ3) is 2.38. The summed E-state index contributed by atoms with van der Waals surface area (Å²) in [6.45, 7) is 0.344. The van der Waals surface area contributed by atoms with Crippen molar-refractivity contribution in [2.75, 3.05) is 6.54 Å². The molecule has 1 spiro atoms. The second kappa shape index (κ2) is 5.14. The molecule has 126 valence electrons. The SMILES string of the molecule is O=C(C1CCCC12CC2)N1CCn2c(nn(CC(F)F)c2=O)C1. The molecule has 2 fully saturated rings. The highest BCUT2D eigenvalue weighted by molar-refractivity contribution is 5.80. The van der Waals surface area contributed by atoms with Gasteiger partial charge in [0.25, 0.3) is 6.43 Å². The summed E-state index contributed by atoms with van der Waals surface area (Å²) in [6.07, 6.45) is 2.87. The van der Waals surface area contributed by atoms with Gasteiger partial charge in [-0.1, -0.05) is 6.42 Å². The predicted octanol–water partition coefficient (Wildman–Crippen LogP) is 1.23. The predicted molar refractivity (Wildman–Crippen MR) is 76.9 cm³/mol. The molecule has 0 radical (unpaired) electrons. The number of carbonyl (C=O) groups excluding carboxylic acids is 1. The number of hydrogen-bond donors (Lipinski definition) is 0. The Balaban J connectivity index is 1.52. The van der Waals surface area contributed by atoms with Crippen LogP contribution in [0.4, 0.5) is 8.78 Å². The molecule has 8 heteroatoms. The van der Waals surface area contributed by atoms with Gasteiger partial charge in [-0.15, -0.1) is 0 Å². The molecular weight excluding hydrogens is 306 g/mol. The summed E-state index contributed by atoms with van der Waals surface area (Å²) in [6, 6.07) is 0. The average molecular weight is 326 g/mol. The van der Waals surface area contributed by atoms with E-state index in [0.29, 0.717) is 18.9 Å². The molecule has 1 aliphatic heterocycles. The fourth-order valence-corrected chi connectivity index (χ4v) is 4.24. The number of halogens is 2. The highest BCUT2D eigenvalue weighted by atomic mass is 19.3. The van der Waals surface area contributed by atoms with Gasteiger partial charge >= 0.3 is 5.69 Å². The summed E-state index contributed by atoms with van der Waals surface area (Å²) in [5, 5.41) is 3.99. The van der Waals surface area contributed by atoms with Gasteiger partial charge in [0.1, 0.15) is 6.54 Å². The van der Waals surface area contributed by atoms with Gasteiger partial charge in [-0.3, -0.25) is 9.36 Å². The van der Waals surface area contributed by atoms with Crippen LogP contribution in [-0.4, -0.2) is 38.1 Å². The Morgan fingerprint density at radius 3 is 2.78 bits per heavy atom. The Hall–Kier alpha value is -1.73. The van der Waals surface area contributed by atoms with Crippen LogP contribution in [0, 0.1) is 11.3 Å². The Labute approximate surface area is 132 Å². The second-order valence-corrected chi connectivity index (χ2v) is 6.99. The summed E-state index contributed by atoms with van der Waals surface area (Å²) >= 11 is 0. The first-order chi connectivity index (χ1) is 11.0. The monoisotopic (exact) mass is 326 g/mol. The molecule has 2 heterocycles. The number of carbonyl (C=O) groups is 1. The number of rotatable bonds is 3. The lowest BCUT2D eigenvalue weighted by Gasteiger charge is -2.31. The lowest BCUT2D eigenvalue weighted by Crippen LogP contribution is -2.44. The molecule has 0 saturated heterocycles. The fraction of sp³-hybridized carbons (Fsp3) is 0.800. The molecule has 1 amide bonds. The number of aromatic nitrogens is 3. The van der Waals surface area contributed by atoms with E-state index < -0.39 is 18.7 Å².